The first-order valence-electron chi connectivity index (χ1n) is 7.86. The van der Waals surface area contributed by atoms with Crippen molar-refractivity contribution in [1.29, 1.82) is 0 Å². The first-order valence-corrected chi connectivity index (χ1v) is 7.86. The molecule has 2 heterocycles. The van der Waals surface area contributed by atoms with Crippen molar-refractivity contribution in [1.82, 2.24) is 30.0 Å². The van der Waals surface area contributed by atoms with Crippen LogP contribution in [0.5, 0.6) is 0 Å². The monoisotopic (exact) mass is 318 g/mol. The van der Waals surface area contributed by atoms with E-state index in [2.05, 4.69) is 59.5 Å². The fourth-order valence-corrected chi connectivity index (χ4v) is 3.14. The Bertz CT molecular complexity index is 997. The van der Waals surface area contributed by atoms with Crippen molar-refractivity contribution in [3.63, 3.8) is 0 Å². The Balaban J connectivity index is 1.80. The van der Waals surface area contributed by atoms with E-state index in [9.17, 15) is 0 Å². The molecule has 6 nitrogen and oxygen atoms in total. The van der Waals surface area contributed by atoms with Gasteiger partial charge in [0.05, 0.1) is 23.6 Å². The lowest BCUT2D eigenvalue weighted by atomic mass is 9.90. The van der Waals surface area contributed by atoms with Crippen molar-refractivity contribution in [3.8, 4) is 5.69 Å². The van der Waals surface area contributed by atoms with Crippen LogP contribution in [0, 0.1) is 6.92 Å². The minimum Gasteiger partial charge on any atom is -0.213 e. The van der Waals surface area contributed by atoms with Gasteiger partial charge in [0.15, 0.2) is 0 Å². The molecule has 0 aliphatic rings. The van der Waals surface area contributed by atoms with Gasteiger partial charge in [-0.3, -0.25) is 0 Å². The number of aryl methyl sites for hydroxylation is 1. The maximum atomic E-state index is 4.30. The topological polar surface area (TPSA) is 61.4 Å². The molecule has 2 aromatic carbocycles. The smallest absolute Gasteiger partial charge is 0.113 e. The SMILES string of the molecule is Cc1cc(-n2nnc3ccccc32)ccc1C(C)(C)n1nccn1. The normalized spacial score (nSPS) is 12.0. The molecule has 6 heteroatoms. The molecule has 120 valence electrons. The first-order chi connectivity index (χ1) is 11.6. The predicted octanol–water partition coefficient (Wildman–Crippen LogP) is 3.10. The van der Waals surface area contributed by atoms with Crippen LogP contribution in [0.2, 0.25) is 0 Å². The summed E-state index contributed by atoms with van der Waals surface area (Å²) in [5.41, 5.74) is 4.89. The molecule has 0 fully saturated rings. The summed E-state index contributed by atoms with van der Waals surface area (Å²) in [6.45, 7) is 6.32. The van der Waals surface area contributed by atoms with Gasteiger partial charge < -0.3 is 0 Å². The van der Waals surface area contributed by atoms with Crippen LogP contribution >= 0.6 is 0 Å². The number of fused-ring (bicyclic) bond motifs is 1. The number of para-hydroxylation sites is 1. The van der Waals surface area contributed by atoms with Gasteiger partial charge in [-0.05, 0) is 56.2 Å². The van der Waals surface area contributed by atoms with Gasteiger partial charge in [0.1, 0.15) is 11.1 Å². The molecule has 4 rings (SSSR count). The van der Waals surface area contributed by atoms with Gasteiger partial charge in [0, 0.05) is 0 Å². The second kappa shape index (κ2) is 5.26. The zero-order chi connectivity index (χ0) is 16.7. The van der Waals surface area contributed by atoms with E-state index in [-0.39, 0.29) is 5.54 Å². The number of hydrogen-bond acceptors (Lipinski definition) is 4. The third-order valence-electron chi connectivity index (χ3n) is 4.38. The van der Waals surface area contributed by atoms with Gasteiger partial charge >= 0.3 is 0 Å². The van der Waals surface area contributed by atoms with E-state index < -0.39 is 0 Å². The Morgan fingerprint density at radius 3 is 2.46 bits per heavy atom. The summed E-state index contributed by atoms with van der Waals surface area (Å²) in [5.74, 6) is 0. The maximum absolute atomic E-state index is 4.30. The van der Waals surface area contributed by atoms with Crippen molar-refractivity contribution in [2.45, 2.75) is 26.3 Å². The molecule has 2 aromatic heterocycles. The van der Waals surface area contributed by atoms with E-state index in [1.807, 2.05) is 28.9 Å². The average molecular weight is 318 g/mol. The quantitative estimate of drug-likeness (QED) is 0.582. The van der Waals surface area contributed by atoms with Crippen LogP contribution in [0.3, 0.4) is 0 Å². The van der Waals surface area contributed by atoms with Gasteiger partial charge in [0.25, 0.3) is 0 Å². The minimum atomic E-state index is -0.323. The second-order valence-electron chi connectivity index (χ2n) is 6.37. The fourth-order valence-electron chi connectivity index (χ4n) is 3.14. The van der Waals surface area contributed by atoms with E-state index in [0.717, 1.165) is 22.3 Å². The van der Waals surface area contributed by atoms with E-state index >= 15 is 0 Å². The average Bonchev–Trinajstić information content (AvgIpc) is 3.24. The molecule has 0 N–H and O–H groups in total. The zero-order valence-electron chi connectivity index (χ0n) is 13.9. The number of rotatable bonds is 3. The highest BCUT2D eigenvalue weighted by molar-refractivity contribution is 5.75. The molecular weight excluding hydrogens is 300 g/mol. The lowest BCUT2D eigenvalue weighted by molar-refractivity contribution is 0.342. The highest BCUT2D eigenvalue weighted by Crippen LogP contribution is 2.28. The van der Waals surface area contributed by atoms with Gasteiger partial charge in [-0.1, -0.05) is 23.4 Å². The molecular formula is C18H18N6. The molecule has 0 spiro atoms. The highest BCUT2D eigenvalue weighted by atomic mass is 15.5. The fraction of sp³-hybridized carbons (Fsp3) is 0.222. The van der Waals surface area contributed by atoms with Crippen molar-refractivity contribution < 1.29 is 0 Å². The molecule has 0 saturated heterocycles. The second-order valence-corrected chi connectivity index (χ2v) is 6.37. The van der Waals surface area contributed by atoms with E-state index in [1.54, 1.807) is 17.2 Å². The largest absolute Gasteiger partial charge is 0.213 e. The number of benzene rings is 2. The molecule has 4 aromatic rings. The molecule has 0 amide bonds. The molecule has 0 atom stereocenters. The number of hydrogen-bond donors (Lipinski definition) is 0. The summed E-state index contributed by atoms with van der Waals surface area (Å²) in [6, 6.07) is 14.3. The van der Waals surface area contributed by atoms with Gasteiger partial charge in [0.2, 0.25) is 0 Å². The van der Waals surface area contributed by atoms with Gasteiger partial charge in [-0.25, -0.2) is 4.68 Å². The molecule has 0 unspecified atom stereocenters. The lowest BCUT2D eigenvalue weighted by Gasteiger charge is -2.26. The summed E-state index contributed by atoms with van der Waals surface area (Å²) in [6.07, 6.45) is 3.40. The molecule has 0 bridgehead atoms. The summed E-state index contributed by atoms with van der Waals surface area (Å²) in [7, 11) is 0. The summed E-state index contributed by atoms with van der Waals surface area (Å²) in [5, 5.41) is 17.1. The van der Waals surface area contributed by atoms with Crippen LogP contribution in [-0.2, 0) is 5.54 Å². The van der Waals surface area contributed by atoms with Crippen molar-refractivity contribution in [2.24, 2.45) is 0 Å². The standard InChI is InChI=1S/C18H18N6/c1-13-12-14(23-17-7-5-4-6-16(17)21-22-23)8-9-15(13)18(2,3)24-19-10-11-20-24/h4-12H,1-3H3. The van der Waals surface area contributed by atoms with Crippen LogP contribution < -0.4 is 0 Å². The Morgan fingerprint density at radius 2 is 1.71 bits per heavy atom. The van der Waals surface area contributed by atoms with Crippen LogP contribution in [0.25, 0.3) is 16.7 Å². The Hall–Kier alpha value is -3.02. The van der Waals surface area contributed by atoms with Gasteiger partial charge in [-0.2, -0.15) is 15.0 Å². The van der Waals surface area contributed by atoms with Crippen LogP contribution in [0.4, 0.5) is 0 Å². The number of aromatic nitrogens is 6. The van der Waals surface area contributed by atoms with E-state index in [4.69, 9.17) is 0 Å². The van der Waals surface area contributed by atoms with Gasteiger partial charge in [-0.15, -0.1) is 5.10 Å². The first kappa shape index (κ1) is 14.6. The van der Waals surface area contributed by atoms with Crippen molar-refractivity contribution >= 4 is 11.0 Å². The molecule has 0 aliphatic carbocycles. The third kappa shape index (κ3) is 2.19. The molecule has 24 heavy (non-hydrogen) atoms. The predicted molar refractivity (Wildman–Crippen MR) is 92.0 cm³/mol. The maximum Gasteiger partial charge on any atom is 0.113 e. The highest BCUT2D eigenvalue weighted by Gasteiger charge is 2.26. The molecule has 0 saturated carbocycles. The van der Waals surface area contributed by atoms with E-state index in [0.29, 0.717) is 0 Å². The zero-order valence-corrected chi connectivity index (χ0v) is 13.9. The van der Waals surface area contributed by atoms with Crippen LogP contribution in [-0.4, -0.2) is 30.0 Å². The van der Waals surface area contributed by atoms with E-state index in [1.165, 1.54) is 5.56 Å². The minimum absolute atomic E-state index is 0.323. The summed E-state index contributed by atoms with van der Waals surface area (Å²) in [4.78, 5) is 1.74. The van der Waals surface area contributed by atoms with Crippen molar-refractivity contribution in [2.75, 3.05) is 0 Å². The summed E-state index contributed by atoms with van der Waals surface area (Å²) >= 11 is 0. The molecule has 0 aliphatic heterocycles. The number of nitrogens with zero attached hydrogens (tertiary/aromatic N) is 6. The van der Waals surface area contributed by atoms with Crippen LogP contribution in [0.1, 0.15) is 25.0 Å². The third-order valence-corrected chi connectivity index (χ3v) is 4.38. The molecule has 0 radical (unpaired) electrons. The Labute approximate surface area is 139 Å². The Kier molecular flexibility index (Phi) is 3.19. The summed E-state index contributed by atoms with van der Waals surface area (Å²) < 4.78 is 1.87. The lowest BCUT2D eigenvalue weighted by Crippen LogP contribution is -2.31. The van der Waals surface area contributed by atoms with Crippen LogP contribution in [0.15, 0.2) is 54.9 Å². The Morgan fingerprint density at radius 1 is 0.958 bits per heavy atom. The van der Waals surface area contributed by atoms with Crippen molar-refractivity contribution in [3.05, 3.63) is 66.0 Å².